The van der Waals surface area contributed by atoms with Gasteiger partial charge in [0.1, 0.15) is 0 Å². The summed E-state index contributed by atoms with van der Waals surface area (Å²) in [5.74, 6) is 0.0194. The molecule has 2 atom stereocenters. The number of ether oxygens (including phenoxy) is 2. The van der Waals surface area contributed by atoms with Crippen LogP contribution in [0.25, 0.3) is 0 Å². The molecule has 1 fully saturated rings. The number of nitrogens with zero attached hydrogens (tertiary/aromatic N) is 2. The second-order valence-corrected chi connectivity index (χ2v) is 4.60. The lowest BCUT2D eigenvalue weighted by Crippen LogP contribution is -2.46. The van der Waals surface area contributed by atoms with E-state index in [0.717, 1.165) is 5.56 Å². The number of carbonyl (C=O) groups excluding carboxylic acids is 1. The van der Waals surface area contributed by atoms with Crippen LogP contribution in [0.4, 0.5) is 0 Å². The third-order valence-corrected chi connectivity index (χ3v) is 3.42. The second kappa shape index (κ2) is 5.40. The Kier molecular flexibility index (Phi) is 3.46. The zero-order valence-electron chi connectivity index (χ0n) is 10.6. The Hall–Kier alpha value is -1.88. The van der Waals surface area contributed by atoms with Crippen molar-refractivity contribution in [2.24, 2.45) is 4.99 Å². The molecule has 2 aliphatic rings. The van der Waals surface area contributed by atoms with E-state index in [9.17, 15) is 4.79 Å². The lowest BCUT2D eigenvalue weighted by Gasteiger charge is -2.29. The van der Waals surface area contributed by atoms with E-state index in [0.29, 0.717) is 26.3 Å². The monoisotopic (exact) mass is 260 g/mol. The lowest BCUT2D eigenvalue weighted by atomic mass is 10.0. The molecule has 3 rings (SSSR count). The summed E-state index contributed by atoms with van der Waals surface area (Å²) in [6, 6.07) is 9.26. The molecule has 0 bridgehead atoms. The molecule has 1 amide bonds. The SMILES string of the molecule is O=C(C1N=COC1c1ccccc1)N1CCOCC1. The molecule has 5 heteroatoms. The maximum atomic E-state index is 12.5. The molecule has 0 spiro atoms. The molecule has 0 N–H and O–H groups in total. The normalized spacial score (nSPS) is 26.2. The molecule has 0 aliphatic carbocycles. The minimum atomic E-state index is -0.472. The van der Waals surface area contributed by atoms with Crippen molar-refractivity contribution >= 4 is 12.3 Å². The number of morpholine rings is 1. The summed E-state index contributed by atoms with van der Waals surface area (Å²) in [4.78, 5) is 18.5. The molecule has 1 aromatic carbocycles. The summed E-state index contributed by atoms with van der Waals surface area (Å²) >= 11 is 0. The Morgan fingerprint density at radius 1 is 1.21 bits per heavy atom. The van der Waals surface area contributed by atoms with Crippen molar-refractivity contribution in [2.45, 2.75) is 12.1 Å². The first-order valence-corrected chi connectivity index (χ1v) is 6.45. The average molecular weight is 260 g/mol. The second-order valence-electron chi connectivity index (χ2n) is 4.60. The van der Waals surface area contributed by atoms with Crippen LogP contribution < -0.4 is 0 Å². The number of hydrogen-bond acceptors (Lipinski definition) is 4. The van der Waals surface area contributed by atoms with E-state index < -0.39 is 6.04 Å². The van der Waals surface area contributed by atoms with E-state index in [4.69, 9.17) is 9.47 Å². The van der Waals surface area contributed by atoms with Gasteiger partial charge in [-0.05, 0) is 5.56 Å². The molecular weight excluding hydrogens is 244 g/mol. The highest BCUT2D eigenvalue weighted by Crippen LogP contribution is 2.28. The van der Waals surface area contributed by atoms with Crippen molar-refractivity contribution in [2.75, 3.05) is 26.3 Å². The number of amides is 1. The van der Waals surface area contributed by atoms with Crippen LogP contribution in [0.3, 0.4) is 0 Å². The summed E-state index contributed by atoms with van der Waals surface area (Å²) in [5.41, 5.74) is 0.978. The molecule has 2 unspecified atom stereocenters. The van der Waals surface area contributed by atoms with Gasteiger partial charge in [0.2, 0.25) is 0 Å². The molecule has 5 nitrogen and oxygen atoms in total. The van der Waals surface area contributed by atoms with Gasteiger partial charge < -0.3 is 14.4 Å². The van der Waals surface area contributed by atoms with Crippen LogP contribution in [0.5, 0.6) is 0 Å². The van der Waals surface area contributed by atoms with Gasteiger partial charge in [-0.2, -0.15) is 0 Å². The highest BCUT2D eigenvalue weighted by molar-refractivity contribution is 5.85. The summed E-state index contributed by atoms with van der Waals surface area (Å²) in [5, 5.41) is 0. The highest BCUT2D eigenvalue weighted by atomic mass is 16.5. The topological polar surface area (TPSA) is 51.1 Å². The van der Waals surface area contributed by atoms with Gasteiger partial charge >= 0.3 is 0 Å². The van der Waals surface area contributed by atoms with Crippen LogP contribution >= 0.6 is 0 Å². The molecule has 0 aromatic heterocycles. The van der Waals surface area contributed by atoms with E-state index in [-0.39, 0.29) is 12.0 Å². The zero-order chi connectivity index (χ0) is 13.1. The Morgan fingerprint density at radius 3 is 2.68 bits per heavy atom. The molecule has 1 aromatic rings. The molecule has 1 saturated heterocycles. The largest absolute Gasteiger partial charge is 0.473 e. The molecule has 2 heterocycles. The predicted octanol–water partition coefficient (Wildman–Crippen LogP) is 1.01. The zero-order valence-corrected chi connectivity index (χ0v) is 10.6. The van der Waals surface area contributed by atoms with Crippen molar-refractivity contribution in [3.63, 3.8) is 0 Å². The first-order valence-electron chi connectivity index (χ1n) is 6.45. The number of aliphatic imine (C=N–C) groups is 1. The molecule has 100 valence electrons. The average Bonchev–Trinajstić information content (AvgIpc) is 2.98. The molecule has 19 heavy (non-hydrogen) atoms. The first kappa shape index (κ1) is 12.2. The third-order valence-electron chi connectivity index (χ3n) is 3.42. The van der Waals surface area contributed by atoms with Gasteiger partial charge in [0, 0.05) is 13.1 Å². The Morgan fingerprint density at radius 2 is 1.95 bits per heavy atom. The lowest BCUT2D eigenvalue weighted by molar-refractivity contribution is -0.138. The fraction of sp³-hybridized carbons (Fsp3) is 0.429. The van der Waals surface area contributed by atoms with Crippen molar-refractivity contribution < 1.29 is 14.3 Å². The minimum Gasteiger partial charge on any atom is -0.473 e. The fourth-order valence-electron chi connectivity index (χ4n) is 2.39. The summed E-state index contributed by atoms with van der Waals surface area (Å²) in [6.45, 7) is 2.46. The first-order chi connectivity index (χ1) is 9.36. The van der Waals surface area contributed by atoms with Crippen molar-refractivity contribution in [3.8, 4) is 0 Å². The van der Waals surface area contributed by atoms with Crippen molar-refractivity contribution in [3.05, 3.63) is 35.9 Å². The van der Waals surface area contributed by atoms with Crippen LogP contribution in [-0.2, 0) is 14.3 Å². The maximum absolute atomic E-state index is 12.5. The maximum Gasteiger partial charge on any atom is 0.251 e. The van der Waals surface area contributed by atoms with E-state index in [2.05, 4.69) is 4.99 Å². The van der Waals surface area contributed by atoms with Crippen LogP contribution in [0.1, 0.15) is 11.7 Å². The standard InChI is InChI=1S/C14H16N2O3/c17-14(16-6-8-18-9-7-16)12-13(19-10-15-12)11-4-2-1-3-5-11/h1-5,10,12-13H,6-9H2. The van der Waals surface area contributed by atoms with Crippen molar-refractivity contribution in [1.82, 2.24) is 4.90 Å². The number of carbonyl (C=O) groups is 1. The Bertz CT molecular complexity index is 469. The van der Waals surface area contributed by atoms with Crippen LogP contribution in [0.2, 0.25) is 0 Å². The minimum absolute atomic E-state index is 0.0194. The molecule has 0 radical (unpaired) electrons. The van der Waals surface area contributed by atoms with Gasteiger partial charge in [0.25, 0.3) is 5.91 Å². The Balaban J connectivity index is 1.75. The quantitative estimate of drug-likeness (QED) is 0.797. The van der Waals surface area contributed by atoms with Gasteiger partial charge in [-0.3, -0.25) is 4.79 Å². The Labute approximate surface area is 111 Å². The van der Waals surface area contributed by atoms with Crippen molar-refractivity contribution in [1.29, 1.82) is 0 Å². The molecule has 0 saturated carbocycles. The molecular formula is C14H16N2O3. The van der Waals surface area contributed by atoms with E-state index >= 15 is 0 Å². The predicted molar refractivity (Wildman–Crippen MR) is 69.9 cm³/mol. The van der Waals surface area contributed by atoms with E-state index in [1.165, 1.54) is 6.40 Å². The van der Waals surface area contributed by atoms with Gasteiger partial charge in [0.05, 0.1) is 13.2 Å². The fourth-order valence-corrected chi connectivity index (χ4v) is 2.39. The van der Waals surface area contributed by atoms with Crippen LogP contribution in [0, 0.1) is 0 Å². The summed E-state index contributed by atoms with van der Waals surface area (Å²) < 4.78 is 10.8. The van der Waals surface area contributed by atoms with E-state index in [1.54, 1.807) is 4.90 Å². The smallest absolute Gasteiger partial charge is 0.251 e. The van der Waals surface area contributed by atoms with Gasteiger partial charge in [-0.25, -0.2) is 4.99 Å². The van der Waals surface area contributed by atoms with Gasteiger partial charge in [-0.15, -0.1) is 0 Å². The van der Waals surface area contributed by atoms with E-state index in [1.807, 2.05) is 30.3 Å². The number of rotatable bonds is 2. The van der Waals surface area contributed by atoms with Gasteiger partial charge in [-0.1, -0.05) is 30.3 Å². The third kappa shape index (κ3) is 2.46. The van der Waals surface area contributed by atoms with Gasteiger partial charge in [0.15, 0.2) is 18.5 Å². The number of hydrogen-bond donors (Lipinski definition) is 0. The summed E-state index contributed by atoms with van der Waals surface area (Å²) in [6.07, 6.45) is 1.08. The number of benzene rings is 1. The molecule has 2 aliphatic heterocycles. The summed E-state index contributed by atoms with van der Waals surface area (Å²) in [7, 11) is 0. The van der Waals surface area contributed by atoms with Crippen LogP contribution in [0.15, 0.2) is 35.3 Å². The van der Waals surface area contributed by atoms with Crippen LogP contribution in [-0.4, -0.2) is 49.6 Å². The highest BCUT2D eigenvalue weighted by Gasteiger charge is 2.36.